The zero-order valence-electron chi connectivity index (χ0n) is 16.4. The predicted octanol–water partition coefficient (Wildman–Crippen LogP) is 4.12. The van der Waals surface area contributed by atoms with Crippen LogP contribution in [0.1, 0.15) is 28.9 Å². The highest BCUT2D eigenvalue weighted by Gasteiger charge is 2.18. The van der Waals surface area contributed by atoms with Gasteiger partial charge in [0.25, 0.3) is 0 Å². The maximum absolute atomic E-state index is 13.2. The molecule has 0 aliphatic carbocycles. The van der Waals surface area contributed by atoms with Gasteiger partial charge in [-0.05, 0) is 42.5 Å². The van der Waals surface area contributed by atoms with Gasteiger partial charge in [0.15, 0.2) is 11.3 Å². The van der Waals surface area contributed by atoms with E-state index in [2.05, 4.69) is 21.2 Å². The minimum absolute atomic E-state index is 0.162. The Morgan fingerprint density at radius 3 is 2.68 bits per heavy atom. The van der Waals surface area contributed by atoms with Gasteiger partial charge in [-0.15, -0.1) is 12.3 Å². The third kappa shape index (κ3) is 4.19. The van der Waals surface area contributed by atoms with Crippen LogP contribution in [-0.2, 0) is 4.79 Å². The summed E-state index contributed by atoms with van der Waals surface area (Å²) >= 11 is 0. The molecule has 1 N–H and O–H groups in total. The average Bonchev–Trinajstić information content (AvgIpc) is 3.22. The fourth-order valence-electron chi connectivity index (χ4n) is 3.20. The van der Waals surface area contributed by atoms with Crippen molar-refractivity contribution >= 4 is 23.0 Å². The van der Waals surface area contributed by atoms with E-state index in [9.17, 15) is 14.0 Å². The van der Waals surface area contributed by atoms with E-state index in [0.717, 1.165) is 11.3 Å². The summed E-state index contributed by atoms with van der Waals surface area (Å²) in [5.41, 5.74) is 3.07. The van der Waals surface area contributed by atoms with Crippen LogP contribution < -0.4 is 5.32 Å². The molecule has 0 saturated carbocycles. The van der Waals surface area contributed by atoms with Crippen molar-refractivity contribution < 1.29 is 14.0 Å². The van der Waals surface area contributed by atoms with E-state index in [1.165, 1.54) is 30.6 Å². The van der Waals surface area contributed by atoms with Gasteiger partial charge in [-0.1, -0.05) is 12.1 Å². The van der Waals surface area contributed by atoms with Crippen LogP contribution in [0.25, 0.3) is 16.9 Å². The van der Waals surface area contributed by atoms with Gasteiger partial charge in [0.1, 0.15) is 12.1 Å². The van der Waals surface area contributed by atoms with Gasteiger partial charge in [0.05, 0.1) is 5.69 Å². The number of benzene rings is 2. The van der Waals surface area contributed by atoms with Crippen LogP contribution >= 0.6 is 0 Å². The molecule has 2 heterocycles. The molecule has 0 spiro atoms. The SMILES string of the molecule is C#CCCC(=O)Nc1cccc(-c2ccnc3c(C(=O)c4ccc(F)cc4)ncn23)c1. The molecule has 0 aliphatic rings. The number of terminal acetylenes is 1. The Bertz CT molecular complexity index is 1320. The van der Waals surface area contributed by atoms with Crippen molar-refractivity contribution in [2.45, 2.75) is 12.8 Å². The molecule has 152 valence electrons. The highest BCUT2D eigenvalue weighted by molar-refractivity contribution is 6.11. The summed E-state index contributed by atoms with van der Waals surface area (Å²) in [6, 6.07) is 14.4. The molecule has 7 heteroatoms. The van der Waals surface area contributed by atoms with Crippen LogP contribution in [0, 0.1) is 18.2 Å². The Kier molecular flexibility index (Phi) is 5.54. The number of imidazole rings is 1. The highest BCUT2D eigenvalue weighted by atomic mass is 19.1. The van der Waals surface area contributed by atoms with Crippen molar-refractivity contribution in [1.82, 2.24) is 14.4 Å². The van der Waals surface area contributed by atoms with Gasteiger partial charge in [-0.3, -0.25) is 14.0 Å². The minimum atomic E-state index is -0.419. The average molecular weight is 412 g/mol. The Balaban J connectivity index is 1.68. The molecule has 0 saturated heterocycles. The van der Waals surface area contributed by atoms with Crippen molar-refractivity contribution in [3.05, 3.63) is 84.2 Å². The molecule has 1 amide bonds. The van der Waals surface area contributed by atoms with E-state index in [1.54, 1.807) is 22.7 Å². The van der Waals surface area contributed by atoms with Crippen LogP contribution in [0.2, 0.25) is 0 Å². The normalized spacial score (nSPS) is 10.6. The molecule has 0 bridgehead atoms. The van der Waals surface area contributed by atoms with Crippen molar-refractivity contribution in [1.29, 1.82) is 0 Å². The number of rotatable bonds is 6. The third-order valence-electron chi connectivity index (χ3n) is 4.69. The maximum Gasteiger partial charge on any atom is 0.225 e. The van der Waals surface area contributed by atoms with Crippen LogP contribution in [0.3, 0.4) is 0 Å². The first-order valence-electron chi connectivity index (χ1n) is 9.53. The van der Waals surface area contributed by atoms with Crippen molar-refractivity contribution in [3.8, 4) is 23.6 Å². The van der Waals surface area contributed by atoms with E-state index in [-0.39, 0.29) is 23.8 Å². The number of fused-ring (bicyclic) bond motifs is 1. The molecule has 0 unspecified atom stereocenters. The van der Waals surface area contributed by atoms with Crippen molar-refractivity contribution in [2.24, 2.45) is 0 Å². The lowest BCUT2D eigenvalue weighted by Crippen LogP contribution is -2.10. The van der Waals surface area contributed by atoms with Gasteiger partial charge < -0.3 is 5.32 Å². The number of halogens is 1. The summed E-state index contributed by atoms with van der Waals surface area (Å²) in [5.74, 6) is 1.52. The maximum atomic E-state index is 13.2. The topological polar surface area (TPSA) is 76.4 Å². The fourth-order valence-corrected chi connectivity index (χ4v) is 3.20. The van der Waals surface area contributed by atoms with Crippen molar-refractivity contribution in [2.75, 3.05) is 5.32 Å². The first kappa shape index (κ1) is 20.0. The summed E-state index contributed by atoms with van der Waals surface area (Å²) in [5, 5.41) is 2.82. The van der Waals surface area contributed by atoms with E-state index in [0.29, 0.717) is 23.3 Å². The number of aromatic nitrogens is 3. The Morgan fingerprint density at radius 2 is 1.90 bits per heavy atom. The number of carbonyl (C=O) groups is 2. The number of ketones is 1. The number of carbonyl (C=O) groups excluding carboxylic acids is 2. The number of hydrogen-bond acceptors (Lipinski definition) is 4. The van der Waals surface area contributed by atoms with Gasteiger partial charge in [-0.2, -0.15) is 0 Å². The highest BCUT2D eigenvalue weighted by Crippen LogP contribution is 2.25. The van der Waals surface area contributed by atoms with Gasteiger partial charge in [-0.25, -0.2) is 14.4 Å². The second-order valence-electron chi connectivity index (χ2n) is 6.79. The molecular weight excluding hydrogens is 395 g/mol. The third-order valence-corrected chi connectivity index (χ3v) is 4.69. The first-order valence-corrected chi connectivity index (χ1v) is 9.53. The number of nitrogens with zero attached hydrogens (tertiary/aromatic N) is 3. The standard InChI is InChI=1S/C24H17FN4O2/c1-2-3-7-21(30)28-19-6-4-5-17(14-19)20-12-13-26-24-22(27-15-29(20)24)23(31)16-8-10-18(25)11-9-16/h1,4-6,8-15H,3,7H2,(H,28,30). The number of anilines is 1. The molecule has 2 aromatic heterocycles. The Labute approximate surface area is 177 Å². The minimum Gasteiger partial charge on any atom is -0.326 e. The van der Waals surface area contributed by atoms with Gasteiger partial charge in [0, 0.05) is 35.9 Å². The molecule has 0 fully saturated rings. The number of hydrogen-bond donors (Lipinski definition) is 1. The predicted molar refractivity (Wildman–Crippen MR) is 115 cm³/mol. The Hall–Kier alpha value is -4.31. The lowest BCUT2D eigenvalue weighted by molar-refractivity contribution is -0.116. The molecule has 4 rings (SSSR count). The largest absolute Gasteiger partial charge is 0.326 e. The summed E-state index contributed by atoms with van der Waals surface area (Å²) in [4.78, 5) is 33.4. The summed E-state index contributed by atoms with van der Waals surface area (Å²) < 4.78 is 14.9. The number of nitrogens with one attached hydrogen (secondary N) is 1. The first-order chi connectivity index (χ1) is 15.1. The second-order valence-corrected chi connectivity index (χ2v) is 6.79. The molecule has 2 aromatic carbocycles. The molecule has 6 nitrogen and oxygen atoms in total. The van der Waals surface area contributed by atoms with Crippen LogP contribution in [-0.4, -0.2) is 26.1 Å². The van der Waals surface area contributed by atoms with Crippen LogP contribution in [0.5, 0.6) is 0 Å². The van der Waals surface area contributed by atoms with E-state index >= 15 is 0 Å². The number of amides is 1. The van der Waals surface area contributed by atoms with E-state index in [1.807, 2.05) is 18.2 Å². The van der Waals surface area contributed by atoms with Crippen molar-refractivity contribution in [3.63, 3.8) is 0 Å². The lowest BCUT2D eigenvalue weighted by atomic mass is 10.1. The van der Waals surface area contributed by atoms with E-state index in [4.69, 9.17) is 6.42 Å². The lowest BCUT2D eigenvalue weighted by Gasteiger charge is -2.09. The molecular formula is C24H17FN4O2. The van der Waals surface area contributed by atoms with Gasteiger partial charge in [0.2, 0.25) is 11.7 Å². The molecule has 31 heavy (non-hydrogen) atoms. The molecule has 4 aromatic rings. The molecule has 0 aliphatic heterocycles. The van der Waals surface area contributed by atoms with Gasteiger partial charge >= 0.3 is 0 Å². The zero-order chi connectivity index (χ0) is 21.8. The fraction of sp³-hybridized carbons (Fsp3) is 0.0833. The quantitative estimate of drug-likeness (QED) is 0.382. The monoisotopic (exact) mass is 412 g/mol. The Morgan fingerprint density at radius 1 is 1.10 bits per heavy atom. The summed E-state index contributed by atoms with van der Waals surface area (Å²) in [6.45, 7) is 0. The van der Waals surface area contributed by atoms with Crippen LogP contribution in [0.15, 0.2) is 67.1 Å². The van der Waals surface area contributed by atoms with Crippen LogP contribution in [0.4, 0.5) is 10.1 Å². The smallest absolute Gasteiger partial charge is 0.225 e. The summed E-state index contributed by atoms with van der Waals surface area (Å²) in [6.07, 6.45) is 8.93. The summed E-state index contributed by atoms with van der Waals surface area (Å²) in [7, 11) is 0. The zero-order valence-corrected chi connectivity index (χ0v) is 16.4. The van der Waals surface area contributed by atoms with E-state index < -0.39 is 5.82 Å². The second kappa shape index (κ2) is 8.59. The molecule has 0 atom stereocenters. The molecule has 0 radical (unpaired) electrons.